The Hall–Kier alpha value is -3.00. The highest BCUT2D eigenvalue weighted by atomic mass is 32.1. The van der Waals surface area contributed by atoms with E-state index in [1.807, 2.05) is 35.7 Å². The van der Waals surface area contributed by atoms with E-state index in [0.29, 0.717) is 10.6 Å². The van der Waals surface area contributed by atoms with Crippen LogP contribution in [0.15, 0.2) is 62.4 Å². The smallest absolute Gasteiger partial charge is 0.400 e. The summed E-state index contributed by atoms with van der Waals surface area (Å²) in [5, 5.41) is 16.9. The first-order valence-corrected chi connectivity index (χ1v) is 7.54. The molecule has 23 heavy (non-hydrogen) atoms. The van der Waals surface area contributed by atoms with Crippen molar-refractivity contribution < 1.29 is 9.34 Å². The molecule has 8 heteroatoms. The first-order valence-electron chi connectivity index (χ1n) is 6.66. The summed E-state index contributed by atoms with van der Waals surface area (Å²) in [5.74, 6) is -0.0121. The van der Waals surface area contributed by atoms with Crippen LogP contribution in [0.3, 0.4) is 0 Å². The Bertz CT molecular complexity index is 922. The van der Waals surface area contributed by atoms with Gasteiger partial charge in [-0.1, -0.05) is 30.3 Å². The molecule has 0 amide bonds. The van der Waals surface area contributed by atoms with Crippen LogP contribution in [0.25, 0.3) is 11.3 Å². The lowest BCUT2D eigenvalue weighted by atomic mass is 10.2. The highest BCUT2D eigenvalue weighted by Crippen LogP contribution is 2.20. The van der Waals surface area contributed by atoms with Crippen molar-refractivity contribution in [2.75, 3.05) is 7.05 Å². The highest BCUT2D eigenvalue weighted by Gasteiger charge is 2.11. The molecular formula is C15H12N4O3S. The summed E-state index contributed by atoms with van der Waals surface area (Å²) in [5.41, 5.74) is 1.88. The average Bonchev–Trinajstić information content (AvgIpc) is 3.20. The number of aromatic nitrogens is 1. The van der Waals surface area contributed by atoms with E-state index in [9.17, 15) is 10.1 Å². The van der Waals surface area contributed by atoms with E-state index in [1.54, 1.807) is 11.7 Å². The zero-order valence-corrected chi connectivity index (χ0v) is 12.9. The van der Waals surface area contributed by atoms with Crippen molar-refractivity contribution in [1.82, 2.24) is 4.68 Å². The molecule has 116 valence electrons. The fraction of sp³-hybridized carbons (Fsp3) is 0.0667. The van der Waals surface area contributed by atoms with E-state index in [4.69, 9.17) is 4.42 Å². The molecule has 0 aliphatic rings. The van der Waals surface area contributed by atoms with Gasteiger partial charge in [0.25, 0.3) is 0 Å². The first-order chi connectivity index (χ1) is 11.2. The molecule has 1 aromatic carbocycles. The monoisotopic (exact) mass is 328 g/mol. The summed E-state index contributed by atoms with van der Waals surface area (Å²) in [6.07, 6.45) is 1.43. The molecule has 0 atom stereocenters. The summed E-state index contributed by atoms with van der Waals surface area (Å²) in [6, 6.07) is 12.6. The molecule has 2 aromatic heterocycles. The van der Waals surface area contributed by atoms with Crippen LogP contribution in [-0.2, 0) is 0 Å². The van der Waals surface area contributed by atoms with Crippen LogP contribution in [0.4, 0.5) is 5.88 Å². The van der Waals surface area contributed by atoms with E-state index in [1.165, 1.54) is 29.7 Å². The van der Waals surface area contributed by atoms with E-state index < -0.39 is 4.92 Å². The standard InChI is InChI=1S/C15H12N4O3S/c1-16-15-18(13(10-23-15)11-5-3-2-4-6-11)17-9-12-7-8-14(22-12)19(20)21/h2-10H,1H3. The van der Waals surface area contributed by atoms with Gasteiger partial charge in [-0.25, -0.2) is 4.68 Å². The van der Waals surface area contributed by atoms with Crippen molar-refractivity contribution in [3.8, 4) is 11.3 Å². The first kappa shape index (κ1) is 14.9. The largest absolute Gasteiger partial charge is 0.433 e. The molecule has 7 nitrogen and oxygen atoms in total. The number of nitro groups is 1. The molecule has 0 fully saturated rings. The van der Waals surface area contributed by atoms with Crippen LogP contribution in [0.1, 0.15) is 5.76 Å². The van der Waals surface area contributed by atoms with Gasteiger partial charge in [-0.15, -0.1) is 11.3 Å². The SMILES string of the molecule is CN=c1scc(-c2ccccc2)n1N=Cc1ccc([N+](=O)[O-])o1. The quantitative estimate of drug-likeness (QED) is 0.419. The van der Waals surface area contributed by atoms with Crippen molar-refractivity contribution in [1.29, 1.82) is 0 Å². The highest BCUT2D eigenvalue weighted by molar-refractivity contribution is 7.07. The minimum absolute atomic E-state index is 0.302. The van der Waals surface area contributed by atoms with E-state index in [-0.39, 0.29) is 5.88 Å². The van der Waals surface area contributed by atoms with Gasteiger partial charge in [-0.2, -0.15) is 5.10 Å². The predicted octanol–water partition coefficient (Wildman–Crippen LogP) is 3.13. The van der Waals surface area contributed by atoms with Gasteiger partial charge in [0.05, 0.1) is 18.0 Å². The summed E-state index contributed by atoms with van der Waals surface area (Å²) in [6.45, 7) is 0. The molecule has 0 aliphatic heterocycles. The summed E-state index contributed by atoms with van der Waals surface area (Å²) < 4.78 is 6.75. The second kappa shape index (κ2) is 6.41. The maximum atomic E-state index is 10.6. The lowest BCUT2D eigenvalue weighted by Crippen LogP contribution is -2.11. The fourth-order valence-corrected chi connectivity index (χ4v) is 2.80. The number of hydrogen-bond acceptors (Lipinski definition) is 6. The molecule has 0 unspecified atom stereocenters. The normalized spacial score (nSPS) is 12.1. The van der Waals surface area contributed by atoms with Gasteiger partial charge >= 0.3 is 5.88 Å². The molecule has 0 N–H and O–H groups in total. The Morgan fingerprint density at radius 1 is 1.26 bits per heavy atom. The summed E-state index contributed by atoms with van der Waals surface area (Å²) in [4.78, 5) is 15.0. The molecular weight excluding hydrogens is 316 g/mol. The molecule has 0 saturated heterocycles. The van der Waals surface area contributed by atoms with Crippen LogP contribution >= 0.6 is 11.3 Å². The third-order valence-corrected chi connectivity index (χ3v) is 3.95. The number of benzene rings is 1. The fourth-order valence-electron chi connectivity index (χ4n) is 1.99. The second-order valence-corrected chi connectivity index (χ2v) is 5.32. The number of rotatable bonds is 4. The van der Waals surface area contributed by atoms with Crippen molar-refractivity contribution in [2.45, 2.75) is 0 Å². The molecule has 0 aliphatic carbocycles. The molecule has 3 rings (SSSR count). The van der Waals surface area contributed by atoms with Gasteiger partial charge in [-0.3, -0.25) is 15.1 Å². The van der Waals surface area contributed by atoms with Gasteiger partial charge in [-0.05, 0) is 6.07 Å². The molecule has 0 bridgehead atoms. The number of thiazole rings is 1. The number of hydrogen-bond donors (Lipinski definition) is 0. The second-order valence-electron chi connectivity index (χ2n) is 4.48. The predicted molar refractivity (Wildman–Crippen MR) is 87.6 cm³/mol. The van der Waals surface area contributed by atoms with Crippen LogP contribution < -0.4 is 4.80 Å². The zero-order chi connectivity index (χ0) is 16.2. The topological polar surface area (TPSA) is 85.9 Å². The van der Waals surface area contributed by atoms with Crippen LogP contribution in [-0.4, -0.2) is 22.9 Å². The van der Waals surface area contributed by atoms with Crippen molar-refractivity contribution >= 4 is 23.4 Å². The average molecular weight is 328 g/mol. The van der Waals surface area contributed by atoms with Gasteiger partial charge in [0.1, 0.15) is 4.92 Å². The van der Waals surface area contributed by atoms with E-state index in [0.717, 1.165) is 11.3 Å². The zero-order valence-electron chi connectivity index (χ0n) is 12.1. The minimum Gasteiger partial charge on any atom is -0.400 e. The Kier molecular flexibility index (Phi) is 4.15. The third kappa shape index (κ3) is 3.11. The van der Waals surface area contributed by atoms with Crippen molar-refractivity contribution in [3.05, 3.63) is 68.5 Å². The van der Waals surface area contributed by atoms with Crippen LogP contribution in [0, 0.1) is 10.1 Å². The Balaban J connectivity index is 2.00. The van der Waals surface area contributed by atoms with Gasteiger partial charge in [0.15, 0.2) is 5.76 Å². The molecule has 0 radical (unpaired) electrons. The van der Waals surface area contributed by atoms with Crippen molar-refractivity contribution in [3.63, 3.8) is 0 Å². The van der Waals surface area contributed by atoms with E-state index >= 15 is 0 Å². The maximum Gasteiger partial charge on any atom is 0.433 e. The Labute approximate surface area is 135 Å². The summed E-state index contributed by atoms with van der Waals surface area (Å²) >= 11 is 1.46. The van der Waals surface area contributed by atoms with Gasteiger partial charge < -0.3 is 4.42 Å². The number of furan rings is 1. The third-order valence-electron chi connectivity index (χ3n) is 3.04. The Morgan fingerprint density at radius 3 is 2.70 bits per heavy atom. The lowest BCUT2D eigenvalue weighted by Gasteiger charge is -2.02. The van der Waals surface area contributed by atoms with Gasteiger partial charge in [0.2, 0.25) is 4.80 Å². The minimum atomic E-state index is -0.586. The summed E-state index contributed by atoms with van der Waals surface area (Å²) in [7, 11) is 1.68. The molecule has 2 heterocycles. The van der Waals surface area contributed by atoms with Crippen LogP contribution in [0.2, 0.25) is 0 Å². The Morgan fingerprint density at radius 2 is 2.04 bits per heavy atom. The lowest BCUT2D eigenvalue weighted by molar-refractivity contribution is -0.402. The molecule has 3 aromatic rings. The van der Waals surface area contributed by atoms with Crippen LogP contribution in [0.5, 0.6) is 0 Å². The molecule has 0 saturated carbocycles. The maximum absolute atomic E-state index is 10.6. The molecule has 0 spiro atoms. The number of nitrogens with zero attached hydrogens (tertiary/aromatic N) is 4. The van der Waals surface area contributed by atoms with E-state index in [2.05, 4.69) is 10.1 Å². The van der Waals surface area contributed by atoms with Gasteiger partial charge in [0, 0.05) is 18.0 Å². The van der Waals surface area contributed by atoms with Crippen molar-refractivity contribution in [2.24, 2.45) is 10.1 Å².